The van der Waals surface area contributed by atoms with Gasteiger partial charge in [0.1, 0.15) is 0 Å². The third-order valence-electron chi connectivity index (χ3n) is 1.32. The van der Waals surface area contributed by atoms with Crippen molar-refractivity contribution in [3.8, 4) is 0 Å². The molecular weight excluding hydrogens is 190 g/mol. The first-order chi connectivity index (χ1) is 6.43. The highest BCUT2D eigenvalue weighted by molar-refractivity contribution is 5.98. The smallest absolute Gasteiger partial charge is 0.328 e. The Bertz CT molecular complexity index is 281. The van der Waals surface area contributed by atoms with Crippen LogP contribution in [0.5, 0.6) is 0 Å². The van der Waals surface area contributed by atoms with Crippen molar-refractivity contribution >= 4 is 17.8 Å². The summed E-state index contributed by atoms with van der Waals surface area (Å²) in [6.45, 7) is 1.32. The summed E-state index contributed by atoms with van der Waals surface area (Å²) in [6, 6.07) is 0. The highest BCUT2D eigenvalue weighted by atomic mass is 16.4. The molecule has 0 aromatic heterocycles. The molecule has 0 bridgehead atoms. The van der Waals surface area contributed by atoms with E-state index in [-0.39, 0.29) is 18.5 Å². The SMILES string of the molecule is C/C(=C/C(=O)O)C(=O)NCCC(=O)O. The van der Waals surface area contributed by atoms with E-state index in [1.54, 1.807) is 0 Å². The maximum atomic E-state index is 11.0. The first kappa shape index (κ1) is 12.2. The quantitative estimate of drug-likeness (QED) is 0.525. The number of carboxylic acid groups (broad SMARTS) is 2. The Morgan fingerprint density at radius 2 is 1.86 bits per heavy atom. The predicted molar refractivity (Wildman–Crippen MR) is 46.7 cm³/mol. The van der Waals surface area contributed by atoms with Crippen LogP contribution in [0.2, 0.25) is 0 Å². The van der Waals surface area contributed by atoms with E-state index in [9.17, 15) is 14.4 Å². The molecule has 0 radical (unpaired) electrons. The number of rotatable bonds is 5. The summed E-state index contributed by atoms with van der Waals surface area (Å²) in [6.07, 6.45) is 0.572. The third-order valence-corrected chi connectivity index (χ3v) is 1.32. The minimum Gasteiger partial charge on any atom is -0.481 e. The van der Waals surface area contributed by atoms with Gasteiger partial charge in [-0.15, -0.1) is 0 Å². The fourth-order valence-electron chi connectivity index (χ4n) is 0.673. The predicted octanol–water partition coefficient (Wildman–Crippen LogP) is -0.392. The Hall–Kier alpha value is -1.85. The Balaban J connectivity index is 3.97. The molecule has 6 nitrogen and oxygen atoms in total. The Labute approximate surface area is 80.2 Å². The van der Waals surface area contributed by atoms with Gasteiger partial charge in [-0.05, 0) is 6.92 Å². The molecule has 78 valence electrons. The van der Waals surface area contributed by atoms with Gasteiger partial charge in [-0.1, -0.05) is 0 Å². The van der Waals surface area contributed by atoms with Gasteiger partial charge in [0.2, 0.25) is 5.91 Å². The molecule has 0 aromatic rings. The summed E-state index contributed by atoms with van der Waals surface area (Å²) in [5, 5.41) is 18.8. The summed E-state index contributed by atoms with van der Waals surface area (Å²) in [5.41, 5.74) is 0.0305. The van der Waals surface area contributed by atoms with Crippen LogP contribution in [0.1, 0.15) is 13.3 Å². The fraction of sp³-hybridized carbons (Fsp3) is 0.375. The second kappa shape index (κ2) is 5.74. The molecule has 0 heterocycles. The van der Waals surface area contributed by atoms with Crippen molar-refractivity contribution in [2.24, 2.45) is 0 Å². The molecule has 3 N–H and O–H groups in total. The standard InChI is InChI=1S/C8H11NO5/c1-5(4-7(12)13)8(14)9-3-2-6(10)11/h4H,2-3H2,1H3,(H,9,14)(H,10,11)(H,12,13)/b5-4-. The van der Waals surface area contributed by atoms with Crippen LogP contribution in [0.4, 0.5) is 0 Å². The van der Waals surface area contributed by atoms with E-state index in [1.165, 1.54) is 6.92 Å². The van der Waals surface area contributed by atoms with Gasteiger partial charge in [-0.25, -0.2) is 4.79 Å². The Kier molecular flexibility index (Phi) is 4.98. The number of carbonyl (C=O) groups is 3. The minimum absolute atomic E-state index is 0.0149. The summed E-state index contributed by atoms with van der Waals surface area (Å²) in [4.78, 5) is 31.2. The molecule has 0 saturated heterocycles. The lowest BCUT2D eigenvalue weighted by Crippen LogP contribution is -2.26. The number of nitrogens with one attached hydrogen (secondary N) is 1. The highest BCUT2D eigenvalue weighted by Gasteiger charge is 2.05. The molecule has 0 saturated carbocycles. The summed E-state index contributed by atoms with van der Waals surface area (Å²) >= 11 is 0. The van der Waals surface area contributed by atoms with E-state index in [4.69, 9.17) is 10.2 Å². The largest absolute Gasteiger partial charge is 0.481 e. The molecule has 0 aliphatic carbocycles. The molecule has 0 aliphatic rings. The van der Waals surface area contributed by atoms with Crippen molar-refractivity contribution in [1.29, 1.82) is 0 Å². The molecule has 0 aromatic carbocycles. The van der Waals surface area contributed by atoms with Crippen LogP contribution < -0.4 is 5.32 Å². The van der Waals surface area contributed by atoms with Crippen LogP contribution in [0.25, 0.3) is 0 Å². The molecular formula is C8H11NO5. The van der Waals surface area contributed by atoms with E-state index in [0.717, 1.165) is 6.08 Å². The first-order valence-corrected chi connectivity index (χ1v) is 3.84. The van der Waals surface area contributed by atoms with Crippen molar-refractivity contribution in [2.45, 2.75) is 13.3 Å². The minimum atomic E-state index is -1.21. The number of carbonyl (C=O) groups excluding carboxylic acids is 1. The lowest BCUT2D eigenvalue weighted by Gasteiger charge is -2.01. The number of amides is 1. The molecule has 14 heavy (non-hydrogen) atoms. The van der Waals surface area contributed by atoms with Gasteiger partial charge >= 0.3 is 11.9 Å². The van der Waals surface area contributed by atoms with Crippen LogP contribution >= 0.6 is 0 Å². The second-order valence-corrected chi connectivity index (χ2v) is 2.57. The number of hydrogen-bond donors (Lipinski definition) is 3. The zero-order valence-electron chi connectivity index (χ0n) is 7.61. The van der Waals surface area contributed by atoms with E-state index >= 15 is 0 Å². The molecule has 0 fully saturated rings. The number of aliphatic carboxylic acids is 2. The van der Waals surface area contributed by atoms with Crippen molar-refractivity contribution in [3.63, 3.8) is 0 Å². The Morgan fingerprint density at radius 1 is 1.29 bits per heavy atom. The van der Waals surface area contributed by atoms with Crippen LogP contribution in [0, 0.1) is 0 Å². The molecule has 0 spiro atoms. The van der Waals surface area contributed by atoms with E-state index < -0.39 is 17.8 Å². The van der Waals surface area contributed by atoms with Crippen molar-refractivity contribution in [2.75, 3.05) is 6.54 Å². The van der Waals surface area contributed by atoms with Gasteiger partial charge < -0.3 is 15.5 Å². The average molecular weight is 201 g/mol. The second-order valence-electron chi connectivity index (χ2n) is 2.57. The maximum absolute atomic E-state index is 11.0. The molecule has 0 aliphatic heterocycles. The van der Waals surface area contributed by atoms with E-state index in [1.807, 2.05) is 0 Å². The normalized spacial score (nSPS) is 10.8. The maximum Gasteiger partial charge on any atom is 0.328 e. The zero-order valence-corrected chi connectivity index (χ0v) is 7.61. The average Bonchev–Trinajstić information content (AvgIpc) is 2.01. The van der Waals surface area contributed by atoms with Crippen molar-refractivity contribution in [1.82, 2.24) is 5.32 Å². The number of hydrogen-bond acceptors (Lipinski definition) is 3. The Morgan fingerprint density at radius 3 is 2.29 bits per heavy atom. The fourth-order valence-corrected chi connectivity index (χ4v) is 0.673. The van der Waals surface area contributed by atoms with Gasteiger partial charge in [-0.2, -0.15) is 0 Å². The summed E-state index contributed by atoms with van der Waals surface area (Å²) in [7, 11) is 0. The molecule has 1 amide bonds. The van der Waals surface area contributed by atoms with Crippen LogP contribution in [0.15, 0.2) is 11.6 Å². The van der Waals surface area contributed by atoms with Gasteiger partial charge in [0.05, 0.1) is 6.42 Å². The van der Waals surface area contributed by atoms with E-state index in [2.05, 4.69) is 5.32 Å². The van der Waals surface area contributed by atoms with Crippen LogP contribution in [-0.2, 0) is 14.4 Å². The zero-order chi connectivity index (χ0) is 11.1. The number of carboxylic acids is 2. The van der Waals surface area contributed by atoms with Gasteiger partial charge in [0.15, 0.2) is 0 Å². The first-order valence-electron chi connectivity index (χ1n) is 3.84. The monoisotopic (exact) mass is 201 g/mol. The third kappa shape index (κ3) is 5.76. The van der Waals surface area contributed by atoms with E-state index in [0.29, 0.717) is 0 Å². The van der Waals surface area contributed by atoms with Crippen LogP contribution in [0.3, 0.4) is 0 Å². The molecule has 0 rings (SSSR count). The lowest BCUT2D eigenvalue weighted by molar-refractivity contribution is -0.137. The topological polar surface area (TPSA) is 104 Å². The van der Waals surface area contributed by atoms with Gasteiger partial charge in [0.25, 0.3) is 0 Å². The summed E-state index contributed by atoms with van der Waals surface area (Å²) < 4.78 is 0. The molecule has 6 heteroatoms. The summed E-state index contributed by atoms with van der Waals surface area (Å²) in [5.74, 6) is -2.81. The van der Waals surface area contributed by atoms with Crippen molar-refractivity contribution in [3.05, 3.63) is 11.6 Å². The van der Waals surface area contributed by atoms with Crippen LogP contribution in [-0.4, -0.2) is 34.6 Å². The highest BCUT2D eigenvalue weighted by Crippen LogP contribution is 1.91. The lowest BCUT2D eigenvalue weighted by atomic mass is 10.2. The molecule has 0 unspecified atom stereocenters. The van der Waals surface area contributed by atoms with Gasteiger partial charge in [0, 0.05) is 18.2 Å². The van der Waals surface area contributed by atoms with Gasteiger partial charge in [-0.3, -0.25) is 9.59 Å². The molecule has 0 atom stereocenters. The van der Waals surface area contributed by atoms with Crippen molar-refractivity contribution < 1.29 is 24.6 Å².